The molecule has 0 spiro atoms. The minimum absolute atomic E-state index is 0.00590. The molecule has 1 saturated heterocycles. The largest absolute Gasteiger partial charge is 0.495 e. The van der Waals surface area contributed by atoms with Crippen molar-refractivity contribution in [1.29, 1.82) is 0 Å². The van der Waals surface area contributed by atoms with E-state index < -0.39 is 10.0 Å². The molecule has 0 radical (unpaired) electrons. The number of halogens is 1. The van der Waals surface area contributed by atoms with Gasteiger partial charge in [0.2, 0.25) is 5.91 Å². The highest BCUT2D eigenvalue weighted by atomic mass is 35.5. The second-order valence-corrected chi connectivity index (χ2v) is 8.14. The summed E-state index contributed by atoms with van der Waals surface area (Å²) < 4.78 is 33.1. The van der Waals surface area contributed by atoms with Gasteiger partial charge in [-0.1, -0.05) is 17.7 Å². The Kier molecular flexibility index (Phi) is 5.11. The molecule has 1 N–H and O–H groups in total. The van der Waals surface area contributed by atoms with Crippen LogP contribution in [0.5, 0.6) is 5.75 Å². The molecule has 1 aliphatic heterocycles. The number of methoxy groups -OCH3 is 1. The van der Waals surface area contributed by atoms with Gasteiger partial charge in [-0.05, 0) is 49.2 Å². The third-order valence-electron chi connectivity index (χ3n) is 4.25. The number of amides is 1. The van der Waals surface area contributed by atoms with Crippen LogP contribution in [0, 0.1) is 6.92 Å². The second-order valence-electron chi connectivity index (χ2n) is 6.05. The number of aryl methyl sites for hydroxylation is 1. The third kappa shape index (κ3) is 3.64. The van der Waals surface area contributed by atoms with Crippen LogP contribution in [0.1, 0.15) is 18.4 Å². The summed E-state index contributed by atoms with van der Waals surface area (Å²) in [4.78, 5) is 13.7. The Labute approximate surface area is 157 Å². The van der Waals surface area contributed by atoms with Crippen LogP contribution < -0.4 is 14.4 Å². The number of carbonyl (C=O) groups excluding carboxylic acids is 1. The summed E-state index contributed by atoms with van der Waals surface area (Å²) in [5.74, 6) is 0.509. The molecule has 26 heavy (non-hydrogen) atoms. The average Bonchev–Trinajstić information content (AvgIpc) is 3.02. The van der Waals surface area contributed by atoms with E-state index in [2.05, 4.69) is 4.72 Å². The molecule has 0 atom stereocenters. The maximum Gasteiger partial charge on any atom is 0.261 e. The predicted octanol–water partition coefficient (Wildman–Crippen LogP) is 3.58. The SMILES string of the molecule is COc1ccc(NS(=O)(=O)c2ccc(C)c(Cl)c2)cc1N1CCCC1=O. The average molecular weight is 395 g/mol. The lowest BCUT2D eigenvalue weighted by molar-refractivity contribution is -0.117. The topological polar surface area (TPSA) is 75.7 Å². The van der Waals surface area contributed by atoms with Crippen LogP contribution in [0.25, 0.3) is 0 Å². The summed E-state index contributed by atoms with van der Waals surface area (Å²) in [6, 6.07) is 9.40. The van der Waals surface area contributed by atoms with E-state index in [0.29, 0.717) is 35.1 Å². The van der Waals surface area contributed by atoms with Gasteiger partial charge in [0.05, 0.1) is 23.4 Å². The van der Waals surface area contributed by atoms with Gasteiger partial charge < -0.3 is 9.64 Å². The van der Waals surface area contributed by atoms with E-state index in [4.69, 9.17) is 16.3 Å². The lowest BCUT2D eigenvalue weighted by atomic mass is 10.2. The molecule has 1 aliphatic rings. The number of hydrogen-bond donors (Lipinski definition) is 1. The number of anilines is 2. The van der Waals surface area contributed by atoms with Gasteiger partial charge in [0.1, 0.15) is 5.75 Å². The molecule has 8 heteroatoms. The monoisotopic (exact) mass is 394 g/mol. The molecule has 3 rings (SSSR count). The summed E-state index contributed by atoms with van der Waals surface area (Å²) in [6.07, 6.45) is 1.24. The van der Waals surface area contributed by atoms with Gasteiger partial charge in [0.15, 0.2) is 0 Å². The maximum absolute atomic E-state index is 12.6. The Balaban J connectivity index is 1.94. The molecule has 2 aromatic rings. The van der Waals surface area contributed by atoms with Crippen LogP contribution in [0.2, 0.25) is 5.02 Å². The molecule has 138 valence electrons. The van der Waals surface area contributed by atoms with E-state index >= 15 is 0 Å². The zero-order chi connectivity index (χ0) is 18.9. The van der Waals surface area contributed by atoms with Gasteiger partial charge in [0, 0.05) is 18.0 Å². The first kappa shape index (κ1) is 18.5. The molecule has 1 heterocycles. The Hall–Kier alpha value is -2.25. The second kappa shape index (κ2) is 7.17. The summed E-state index contributed by atoms with van der Waals surface area (Å²) >= 11 is 6.04. The van der Waals surface area contributed by atoms with E-state index in [1.807, 2.05) is 0 Å². The highest BCUT2D eigenvalue weighted by molar-refractivity contribution is 7.92. The molecular formula is C18H19ClN2O4S. The molecule has 6 nitrogen and oxygen atoms in total. The van der Waals surface area contributed by atoms with Crippen molar-refractivity contribution < 1.29 is 17.9 Å². The fourth-order valence-corrected chi connectivity index (χ4v) is 4.14. The summed E-state index contributed by atoms with van der Waals surface area (Å²) in [5.41, 5.74) is 1.69. The van der Waals surface area contributed by atoms with Gasteiger partial charge in [0.25, 0.3) is 10.0 Å². The predicted molar refractivity (Wildman–Crippen MR) is 102 cm³/mol. The molecule has 2 aromatic carbocycles. The van der Waals surface area contributed by atoms with Gasteiger partial charge >= 0.3 is 0 Å². The van der Waals surface area contributed by atoms with Crippen LogP contribution in [-0.2, 0) is 14.8 Å². The maximum atomic E-state index is 12.6. The van der Waals surface area contributed by atoms with Crippen molar-refractivity contribution in [2.24, 2.45) is 0 Å². The lowest BCUT2D eigenvalue weighted by Crippen LogP contribution is -2.24. The van der Waals surface area contributed by atoms with Crippen molar-refractivity contribution in [3.8, 4) is 5.75 Å². The summed E-state index contributed by atoms with van der Waals surface area (Å²) in [6.45, 7) is 2.38. The number of ether oxygens (including phenoxy) is 1. The number of carbonyl (C=O) groups is 1. The van der Waals surface area contributed by atoms with Crippen molar-refractivity contribution in [2.45, 2.75) is 24.7 Å². The Morgan fingerprint density at radius 3 is 2.58 bits per heavy atom. The highest BCUT2D eigenvalue weighted by Gasteiger charge is 2.25. The molecule has 0 saturated carbocycles. The lowest BCUT2D eigenvalue weighted by Gasteiger charge is -2.20. The standard InChI is InChI=1S/C18H19ClN2O4S/c1-12-5-7-14(11-15(12)19)26(23,24)20-13-6-8-17(25-2)16(10-13)21-9-3-4-18(21)22/h5-8,10-11,20H,3-4,9H2,1-2H3. The zero-order valence-corrected chi connectivity index (χ0v) is 16.0. The number of rotatable bonds is 5. The fourth-order valence-electron chi connectivity index (χ4n) is 2.82. The van der Waals surface area contributed by atoms with Gasteiger partial charge in [-0.25, -0.2) is 8.42 Å². The van der Waals surface area contributed by atoms with Gasteiger partial charge in [-0.15, -0.1) is 0 Å². The third-order valence-corrected chi connectivity index (χ3v) is 6.04. The molecule has 1 amide bonds. The minimum Gasteiger partial charge on any atom is -0.495 e. The molecule has 0 aromatic heterocycles. The summed E-state index contributed by atoms with van der Waals surface area (Å²) in [5, 5.41) is 0.381. The Morgan fingerprint density at radius 1 is 1.19 bits per heavy atom. The first-order chi connectivity index (χ1) is 12.3. The van der Waals surface area contributed by atoms with Crippen molar-refractivity contribution in [3.05, 3.63) is 47.0 Å². The molecular weight excluding hydrogens is 376 g/mol. The van der Waals surface area contributed by atoms with E-state index in [1.54, 1.807) is 36.1 Å². The van der Waals surface area contributed by atoms with E-state index in [-0.39, 0.29) is 10.8 Å². The highest BCUT2D eigenvalue weighted by Crippen LogP contribution is 2.34. The zero-order valence-electron chi connectivity index (χ0n) is 14.5. The van der Waals surface area contributed by atoms with Crippen molar-refractivity contribution >= 4 is 38.9 Å². The van der Waals surface area contributed by atoms with Crippen LogP contribution >= 0.6 is 11.6 Å². The fraction of sp³-hybridized carbons (Fsp3) is 0.278. The quantitative estimate of drug-likeness (QED) is 0.840. The van der Waals surface area contributed by atoms with Crippen molar-refractivity contribution in [1.82, 2.24) is 0 Å². The van der Waals surface area contributed by atoms with Crippen molar-refractivity contribution in [3.63, 3.8) is 0 Å². The van der Waals surface area contributed by atoms with E-state index in [1.165, 1.54) is 19.2 Å². The molecule has 0 aliphatic carbocycles. The van der Waals surface area contributed by atoms with Crippen LogP contribution in [0.15, 0.2) is 41.3 Å². The van der Waals surface area contributed by atoms with Crippen molar-refractivity contribution in [2.75, 3.05) is 23.3 Å². The molecule has 1 fully saturated rings. The van der Waals surface area contributed by atoms with Gasteiger partial charge in [-0.3, -0.25) is 9.52 Å². The first-order valence-corrected chi connectivity index (χ1v) is 9.95. The number of benzene rings is 2. The first-order valence-electron chi connectivity index (χ1n) is 8.09. The number of sulfonamides is 1. The molecule has 0 unspecified atom stereocenters. The van der Waals surface area contributed by atoms with Crippen LogP contribution in [0.3, 0.4) is 0 Å². The minimum atomic E-state index is -3.80. The van der Waals surface area contributed by atoms with E-state index in [0.717, 1.165) is 12.0 Å². The van der Waals surface area contributed by atoms with Crippen LogP contribution in [-0.4, -0.2) is 28.0 Å². The summed E-state index contributed by atoms with van der Waals surface area (Å²) in [7, 11) is -2.29. The normalized spacial score (nSPS) is 14.6. The van der Waals surface area contributed by atoms with Crippen LogP contribution in [0.4, 0.5) is 11.4 Å². The van der Waals surface area contributed by atoms with Gasteiger partial charge in [-0.2, -0.15) is 0 Å². The number of hydrogen-bond acceptors (Lipinski definition) is 4. The number of nitrogens with zero attached hydrogens (tertiary/aromatic N) is 1. The molecule has 0 bridgehead atoms. The number of nitrogens with one attached hydrogen (secondary N) is 1. The van der Waals surface area contributed by atoms with E-state index in [9.17, 15) is 13.2 Å². The Morgan fingerprint density at radius 2 is 1.96 bits per heavy atom. The smallest absolute Gasteiger partial charge is 0.261 e. The Bertz CT molecular complexity index is 960.